The molecular formula is C23H20BrCl2NO6S. The molecule has 1 aliphatic rings. The van der Waals surface area contributed by atoms with E-state index in [2.05, 4.69) is 15.9 Å². The van der Waals surface area contributed by atoms with Gasteiger partial charge >= 0.3 is 5.97 Å². The second-order valence-corrected chi connectivity index (χ2v) is 9.53. The predicted octanol–water partition coefficient (Wildman–Crippen LogP) is 6.33. The zero-order valence-corrected chi connectivity index (χ0v) is 22.1. The first kappa shape index (κ1) is 26.4. The van der Waals surface area contributed by atoms with Gasteiger partial charge in [-0.05, 0) is 67.1 Å². The van der Waals surface area contributed by atoms with Gasteiger partial charge in [-0.3, -0.25) is 19.3 Å². The number of benzene rings is 2. The Hall–Kier alpha value is -2.20. The molecule has 1 fully saturated rings. The van der Waals surface area contributed by atoms with Crippen molar-refractivity contribution in [3.63, 3.8) is 0 Å². The van der Waals surface area contributed by atoms with Crippen molar-refractivity contribution in [1.29, 1.82) is 0 Å². The predicted molar refractivity (Wildman–Crippen MR) is 135 cm³/mol. The van der Waals surface area contributed by atoms with E-state index < -0.39 is 23.7 Å². The third-order valence-corrected chi connectivity index (χ3v) is 6.83. The lowest BCUT2D eigenvalue weighted by Crippen LogP contribution is -2.34. The monoisotopic (exact) mass is 587 g/mol. The van der Waals surface area contributed by atoms with Gasteiger partial charge in [0.1, 0.15) is 13.2 Å². The molecule has 180 valence electrons. The molecule has 1 saturated heterocycles. The van der Waals surface area contributed by atoms with Crippen LogP contribution >= 0.6 is 50.9 Å². The summed E-state index contributed by atoms with van der Waals surface area (Å²) in [6, 6.07) is 8.65. The highest BCUT2D eigenvalue weighted by Gasteiger charge is 2.36. The third kappa shape index (κ3) is 6.47. The lowest BCUT2D eigenvalue weighted by molar-refractivity contribution is -0.145. The molecule has 0 aliphatic carbocycles. The Morgan fingerprint density at radius 2 is 1.79 bits per heavy atom. The van der Waals surface area contributed by atoms with Gasteiger partial charge in [0.25, 0.3) is 11.1 Å². The number of rotatable bonds is 9. The fourth-order valence-electron chi connectivity index (χ4n) is 2.95. The Labute approximate surface area is 219 Å². The van der Waals surface area contributed by atoms with Crippen LogP contribution < -0.4 is 9.47 Å². The van der Waals surface area contributed by atoms with Crippen LogP contribution in [0.25, 0.3) is 6.08 Å². The lowest BCUT2D eigenvalue weighted by Gasteiger charge is -2.14. The molecule has 34 heavy (non-hydrogen) atoms. The zero-order valence-electron chi connectivity index (χ0n) is 18.2. The van der Waals surface area contributed by atoms with E-state index in [1.165, 1.54) is 0 Å². The van der Waals surface area contributed by atoms with E-state index >= 15 is 0 Å². The maximum Gasteiger partial charge on any atom is 0.326 e. The summed E-state index contributed by atoms with van der Waals surface area (Å²) in [5.74, 6) is -0.266. The van der Waals surface area contributed by atoms with Gasteiger partial charge in [0.2, 0.25) is 0 Å². The van der Waals surface area contributed by atoms with Crippen LogP contribution in [0.4, 0.5) is 4.79 Å². The minimum Gasteiger partial charge on any atom is -0.490 e. The quantitative estimate of drug-likeness (QED) is 0.250. The molecule has 1 aliphatic heterocycles. The average molecular weight is 589 g/mol. The Balaban J connectivity index is 1.82. The Morgan fingerprint density at radius 1 is 1.06 bits per heavy atom. The van der Waals surface area contributed by atoms with Gasteiger partial charge in [-0.25, -0.2) is 0 Å². The van der Waals surface area contributed by atoms with Crippen molar-refractivity contribution in [2.75, 3.05) is 19.8 Å². The van der Waals surface area contributed by atoms with E-state index in [0.29, 0.717) is 38.2 Å². The van der Waals surface area contributed by atoms with Crippen molar-refractivity contribution >= 4 is 74.1 Å². The highest BCUT2D eigenvalue weighted by molar-refractivity contribution is 9.10. The SMILES string of the molecule is CCOC(=O)CN1C(=O)S/C(=C/c2cc(OCC)c(OCc3ccc(Cl)c(Cl)c3)cc2Br)C1=O. The maximum absolute atomic E-state index is 12.7. The van der Waals surface area contributed by atoms with Crippen molar-refractivity contribution in [2.45, 2.75) is 20.5 Å². The Bertz CT molecular complexity index is 1160. The van der Waals surface area contributed by atoms with Crippen molar-refractivity contribution in [1.82, 2.24) is 4.90 Å². The van der Waals surface area contributed by atoms with Crippen molar-refractivity contribution < 1.29 is 28.6 Å². The van der Waals surface area contributed by atoms with Gasteiger partial charge < -0.3 is 14.2 Å². The van der Waals surface area contributed by atoms with Gasteiger partial charge in [0.15, 0.2) is 11.5 Å². The number of imide groups is 1. The first-order chi connectivity index (χ1) is 16.2. The van der Waals surface area contributed by atoms with Crippen LogP contribution in [-0.2, 0) is 20.9 Å². The smallest absolute Gasteiger partial charge is 0.326 e. The van der Waals surface area contributed by atoms with Crippen LogP contribution in [0, 0.1) is 0 Å². The van der Waals surface area contributed by atoms with Gasteiger partial charge in [-0.1, -0.05) is 45.2 Å². The van der Waals surface area contributed by atoms with Crippen LogP contribution in [0.2, 0.25) is 10.0 Å². The van der Waals surface area contributed by atoms with Crippen LogP contribution in [0.1, 0.15) is 25.0 Å². The first-order valence-corrected chi connectivity index (χ1v) is 12.5. The summed E-state index contributed by atoms with van der Waals surface area (Å²) in [5, 5.41) is 0.354. The number of carbonyl (C=O) groups excluding carboxylic acids is 3. The van der Waals surface area contributed by atoms with E-state index in [-0.39, 0.29) is 18.1 Å². The number of amides is 2. The molecule has 0 N–H and O–H groups in total. The van der Waals surface area contributed by atoms with Gasteiger partial charge in [0.05, 0.1) is 28.2 Å². The molecule has 0 spiro atoms. The second kappa shape index (κ2) is 12.0. The standard InChI is InChI=1S/C23H20BrCl2NO6S/c1-3-31-18-8-14(9-20-22(29)27(23(30)34-20)11-21(28)32-4-2)15(24)10-19(18)33-12-13-5-6-16(25)17(26)7-13/h5-10H,3-4,11-12H2,1-2H3/b20-9+. The van der Waals surface area contributed by atoms with Crippen molar-refractivity contribution in [2.24, 2.45) is 0 Å². The minimum atomic E-state index is -0.644. The molecule has 0 radical (unpaired) electrons. The molecule has 0 saturated carbocycles. The van der Waals surface area contributed by atoms with Crippen LogP contribution in [0.15, 0.2) is 39.7 Å². The van der Waals surface area contributed by atoms with E-state index in [1.807, 2.05) is 13.0 Å². The number of hydrogen-bond acceptors (Lipinski definition) is 7. The number of halogens is 3. The summed E-state index contributed by atoms with van der Waals surface area (Å²) >= 11 is 16.3. The average Bonchev–Trinajstić information content (AvgIpc) is 3.04. The van der Waals surface area contributed by atoms with Crippen LogP contribution in [0.3, 0.4) is 0 Å². The number of carbonyl (C=O) groups is 3. The number of thioether (sulfide) groups is 1. The van der Waals surface area contributed by atoms with Gasteiger partial charge in [0, 0.05) is 4.47 Å². The van der Waals surface area contributed by atoms with Gasteiger partial charge in [-0.15, -0.1) is 0 Å². The molecule has 0 aromatic heterocycles. The lowest BCUT2D eigenvalue weighted by atomic mass is 10.1. The normalized spacial score (nSPS) is 14.6. The minimum absolute atomic E-state index is 0.164. The van der Waals surface area contributed by atoms with Crippen LogP contribution in [-0.4, -0.2) is 41.8 Å². The summed E-state index contributed by atoms with van der Waals surface area (Å²) in [6.07, 6.45) is 1.56. The Morgan fingerprint density at radius 3 is 2.47 bits per heavy atom. The molecule has 0 unspecified atom stereocenters. The fourth-order valence-corrected chi connectivity index (χ4v) is 4.53. The molecule has 0 atom stereocenters. The zero-order chi connectivity index (χ0) is 24.8. The number of hydrogen-bond donors (Lipinski definition) is 0. The highest BCUT2D eigenvalue weighted by atomic mass is 79.9. The van der Waals surface area contributed by atoms with E-state index in [1.54, 1.807) is 37.3 Å². The van der Waals surface area contributed by atoms with Crippen molar-refractivity contribution in [3.8, 4) is 11.5 Å². The Kier molecular flexibility index (Phi) is 9.30. The summed E-state index contributed by atoms with van der Waals surface area (Å²) < 4.78 is 17.1. The maximum atomic E-state index is 12.7. The molecule has 2 aromatic rings. The largest absolute Gasteiger partial charge is 0.490 e. The first-order valence-electron chi connectivity index (χ1n) is 10.2. The molecule has 3 rings (SSSR count). The molecule has 0 bridgehead atoms. The second-order valence-electron chi connectivity index (χ2n) is 6.86. The summed E-state index contributed by atoms with van der Waals surface area (Å²) in [6.45, 7) is 3.85. The molecule has 1 heterocycles. The van der Waals surface area contributed by atoms with E-state index in [4.69, 9.17) is 37.4 Å². The number of ether oxygens (including phenoxy) is 3. The summed E-state index contributed by atoms with van der Waals surface area (Å²) in [4.78, 5) is 37.7. The number of nitrogens with zero attached hydrogens (tertiary/aromatic N) is 1. The summed E-state index contributed by atoms with van der Waals surface area (Å²) in [7, 11) is 0. The summed E-state index contributed by atoms with van der Waals surface area (Å²) in [5.41, 5.74) is 1.43. The van der Waals surface area contributed by atoms with E-state index in [9.17, 15) is 14.4 Å². The fraction of sp³-hybridized carbons (Fsp3) is 0.261. The molecule has 2 amide bonds. The van der Waals surface area contributed by atoms with Crippen molar-refractivity contribution in [3.05, 3.63) is 60.9 Å². The van der Waals surface area contributed by atoms with Crippen LogP contribution in [0.5, 0.6) is 11.5 Å². The third-order valence-electron chi connectivity index (χ3n) is 4.49. The molecular weight excluding hydrogens is 569 g/mol. The van der Waals surface area contributed by atoms with Gasteiger partial charge in [-0.2, -0.15) is 0 Å². The molecule has 2 aromatic carbocycles. The molecule has 7 nitrogen and oxygen atoms in total. The highest BCUT2D eigenvalue weighted by Crippen LogP contribution is 2.38. The number of esters is 1. The molecule has 11 heteroatoms. The topological polar surface area (TPSA) is 82.1 Å². The van der Waals surface area contributed by atoms with E-state index in [0.717, 1.165) is 22.2 Å².